The second kappa shape index (κ2) is 10.5. The number of Topliss-reactive ketones (excluding diaryl/α,β-unsaturated/α-hetero) is 2. The monoisotopic (exact) mass is 316 g/mol. The van der Waals surface area contributed by atoms with E-state index in [2.05, 4.69) is 9.47 Å². The third-order valence-corrected chi connectivity index (χ3v) is 2.59. The van der Waals surface area contributed by atoms with E-state index >= 15 is 0 Å². The van der Waals surface area contributed by atoms with Crippen LogP contribution in [0.1, 0.15) is 39.5 Å². The first kappa shape index (κ1) is 19.8. The molecule has 0 unspecified atom stereocenters. The van der Waals surface area contributed by atoms with Gasteiger partial charge in [-0.1, -0.05) is 0 Å². The van der Waals surface area contributed by atoms with Gasteiger partial charge in [0.25, 0.3) is 0 Å². The molecule has 0 atom stereocenters. The number of hydrogen-bond acceptors (Lipinski definition) is 7. The van der Waals surface area contributed by atoms with Crippen LogP contribution in [0.25, 0.3) is 0 Å². The molecule has 0 aliphatic heterocycles. The highest BCUT2D eigenvalue weighted by atomic mass is 16.5. The number of ether oxygens (including phenoxy) is 2. The van der Waals surface area contributed by atoms with Crippen molar-refractivity contribution in [1.82, 2.24) is 0 Å². The van der Waals surface area contributed by atoms with Crippen LogP contribution in [0.15, 0.2) is 0 Å². The van der Waals surface area contributed by atoms with Gasteiger partial charge in [0, 0.05) is 12.8 Å². The number of carboxylic acids is 1. The lowest BCUT2D eigenvalue weighted by Gasteiger charge is -2.10. The first-order valence-electron chi connectivity index (χ1n) is 6.87. The average molecular weight is 316 g/mol. The van der Waals surface area contributed by atoms with Crippen molar-refractivity contribution in [2.24, 2.45) is 5.92 Å². The minimum atomic E-state index is -1.34. The lowest BCUT2D eigenvalue weighted by atomic mass is 9.94. The molecule has 8 nitrogen and oxygen atoms in total. The second-order valence-electron chi connectivity index (χ2n) is 4.48. The van der Waals surface area contributed by atoms with Crippen LogP contribution in [0.5, 0.6) is 0 Å². The number of carboxylic acid groups (broad SMARTS) is 1. The summed E-state index contributed by atoms with van der Waals surface area (Å²) in [5.41, 5.74) is 0. The molecular weight excluding hydrogens is 296 g/mol. The number of ketones is 2. The molecule has 0 radical (unpaired) electrons. The lowest BCUT2D eigenvalue weighted by Crippen LogP contribution is -2.24. The van der Waals surface area contributed by atoms with Gasteiger partial charge in [-0.2, -0.15) is 0 Å². The Bertz CT molecular complexity index is 406. The van der Waals surface area contributed by atoms with Crippen LogP contribution >= 0.6 is 0 Å². The van der Waals surface area contributed by atoms with Gasteiger partial charge < -0.3 is 14.6 Å². The van der Waals surface area contributed by atoms with Gasteiger partial charge in [0.05, 0.1) is 19.1 Å². The Kier molecular flexibility index (Phi) is 9.40. The van der Waals surface area contributed by atoms with Crippen LogP contribution in [0.2, 0.25) is 0 Å². The first-order chi connectivity index (χ1) is 10.3. The van der Waals surface area contributed by atoms with Crippen molar-refractivity contribution in [1.29, 1.82) is 0 Å². The van der Waals surface area contributed by atoms with Crippen molar-refractivity contribution in [2.45, 2.75) is 39.5 Å². The molecule has 0 aromatic rings. The van der Waals surface area contributed by atoms with Crippen LogP contribution in [-0.4, -0.2) is 47.8 Å². The van der Waals surface area contributed by atoms with Gasteiger partial charge in [-0.05, 0) is 13.8 Å². The predicted molar refractivity (Wildman–Crippen MR) is 72.9 cm³/mol. The highest BCUT2D eigenvalue weighted by molar-refractivity contribution is 5.99. The molecule has 8 heteroatoms. The summed E-state index contributed by atoms with van der Waals surface area (Å²) in [5.74, 6) is -5.35. The zero-order chi connectivity index (χ0) is 17.1. The Morgan fingerprint density at radius 1 is 0.818 bits per heavy atom. The van der Waals surface area contributed by atoms with Crippen molar-refractivity contribution >= 4 is 29.5 Å². The molecule has 0 spiro atoms. The van der Waals surface area contributed by atoms with Crippen molar-refractivity contribution in [3.05, 3.63) is 0 Å². The summed E-state index contributed by atoms with van der Waals surface area (Å²) >= 11 is 0. The van der Waals surface area contributed by atoms with E-state index in [4.69, 9.17) is 5.11 Å². The highest BCUT2D eigenvalue weighted by Gasteiger charge is 2.26. The number of carbonyl (C=O) groups is 5. The Hall–Kier alpha value is -2.25. The van der Waals surface area contributed by atoms with Gasteiger partial charge in [-0.3, -0.25) is 24.0 Å². The molecule has 0 aliphatic rings. The van der Waals surface area contributed by atoms with Crippen molar-refractivity contribution in [3.63, 3.8) is 0 Å². The average Bonchev–Trinajstić information content (AvgIpc) is 2.37. The third kappa shape index (κ3) is 8.83. The molecule has 0 bridgehead atoms. The van der Waals surface area contributed by atoms with Gasteiger partial charge in [-0.25, -0.2) is 0 Å². The fourth-order valence-corrected chi connectivity index (χ4v) is 1.69. The molecule has 0 heterocycles. The normalized spacial score (nSPS) is 10.1. The summed E-state index contributed by atoms with van der Waals surface area (Å²) < 4.78 is 9.16. The minimum Gasteiger partial charge on any atom is -0.481 e. The number of hydrogen-bond donors (Lipinski definition) is 1. The van der Waals surface area contributed by atoms with E-state index in [1.54, 1.807) is 13.8 Å². The van der Waals surface area contributed by atoms with E-state index in [0.717, 1.165) is 0 Å². The highest BCUT2D eigenvalue weighted by Crippen LogP contribution is 2.13. The largest absolute Gasteiger partial charge is 0.481 e. The summed E-state index contributed by atoms with van der Waals surface area (Å²) in [6, 6.07) is 0. The number of aliphatic carboxylic acids is 1. The molecular formula is C14H20O8. The number of rotatable bonds is 11. The smallest absolute Gasteiger partial charge is 0.313 e. The van der Waals surface area contributed by atoms with E-state index < -0.39 is 61.1 Å². The van der Waals surface area contributed by atoms with Gasteiger partial charge in [0.15, 0.2) is 0 Å². The predicted octanol–water partition coefficient (Wildman–Crippen LogP) is 0.512. The number of carbonyl (C=O) groups excluding carboxylic acids is 4. The zero-order valence-corrected chi connectivity index (χ0v) is 12.6. The summed E-state index contributed by atoms with van der Waals surface area (Å²) in [5, 5.41) is 9.01. The molecule has 0 aromatic carbocycles. The summed E-state index contributed by atoms with van der Waals surface area (Å²) in [4.78, 5) is 56.5. The Morgan fingerprint density at radius 2 is 1.18 bits per heavy atom. The van der Waals surface area contributed by atoms with Gasteiger partial charge in [-0.15, -0.1) is 0 Å². The van der Waals surface area contributed by atoms with Crippen LogP contribution in [0.3, 0.4) is 0 Å². The molecule has 0 fully saturated rings. The third-order valence-electron chi connectivity index (χ3n) is 2.59. The molecule has 0 amide bonds. The van der Waals surface area contributed by atoms with E-state index in [9.17, 15) is 24.0 Å². The van der Waals surface area contributed by atoms with Crippen LogP contribution in [-0.2, 0) is 33.4 Å². The van der Waals surface area contributed by atoms with E-state index in [1.807, 2.05) is 0 Å². The van der Waals surface area contributed by atoms with Gasteiger partial charge in [0.1, 0.15) is 24.4 Å². The van der Waals surface area contributed by atoms with Crippen molar-refractivity contribution in [3.8, 4) is 0 Å². The Morgan fingerprint density at radius 3 is 1.45 bits per heavy atom. The summed E-state index contributed by atoms with van der Waals surface area (Å²) in [6.45, 7) is 3.39. The topological polar surface area (TPSA) is 124 Å². The molecule has 0 aromatic heterocycles. The van der Waals surface area contributed by atoms with Gasteiger partial charge >= 0.3 is 17.9 Å². The fourth-order valence-electron chi connectivity index (χ4n) is 1.69. The SMILES string of the molecule is CCOC(=O)CC(=O)CC(CC(=O)CC(=O)OCC)C(=O)O. The fraction of sp³-hybridized carbons (Fsp3) is 0.643. The standard InChI is InChI=1S/C14H20O8/c1-3-21-12(17)7-10(15)5-9(14(19)20)6-11(16)8-13(18)22-4-2/h9H,3-8H2,1-2H3,(H,19,20). The Balaban J connectivity index is 4.45. The molecule has 0 saturated carbocycles. The summed E-state index contributed by atoms with van der Waals surface area (Å²) in [7, 11) is 0. The van der Waals surface area contributed by atoms with Crippen LogP contribution in [0.4, 0.5) is 0 Å². The van der Waals surface area contributed by atoms with E-state index in [0.29, 0.717) is 0 Å². The quantitative estimate of drug-likeness (QED) is 0.432. The van der Waals surface area contributed by atoms with Crippen molar-refractivity contribution < 1.29 is 38.6 Å². The summed E-state index contributed by atoms with van der Waals surface area (Å²) in [6.07, 6.45) is -2.02. The van der Waals surface area contributed by atoms with Crippen molar-refractivity contribution in [2.75, 3.05) is 13.2 Å². The van der Waals surface area contributed by atoms with Gasteiger partial charge in [0.2, 0.25) is 0 Å². The minimum absolute atomic E-state index is 0.118. The molecule has 0 rings (SSSR count). The second-order valence-corrected chi connectivity index (χ2v) is 4.48. The molecule has 124 valence electrons. The molecule has 0 saturated heterocycles. The Labute approximate surface area is 127 Å². The number of esters is 2. The zero-order valence-electron chi connectivity index (χ0n) is 12.6. The van der Waals surface area contributed by atoms with Crippen LogP contribution in [0, 0.1) is 5.92 Å². The van der Waals surface area contributed by atoms with E-state index in [1.165, 1.54) is 0 Å². The molecule has 1 N–H and O–H groups in total. The lowest BCUT2D eigenvalue weighted by molar-refractivity contribution is -0.149. The van der Waals surface area contributed by atoms with E-state index in [-0.39, 0.29) is 13.2 Å². The maximum Gasteiger partial charge on any atom is 0.313 e. The first-order valence-corrected chi connectivity index (χ1v) is 6.87. The maximum absolute atomic E-state index is 11.6. The van der Waals surface area contributed by atoms with Crippen LogP contribution < -0.4 is 0 Å². The molecule has 0 aliphatic carbocycles. The molecule has 22 heavy (non-hydrogen) atoms. The maximum atomic E-state index is 11.6.